The second-order valence-corrected chi connectivity index (χ2v) is 14.8. The van der Waals surface area contributed by atoms with E-state index in [1.54, 1.807) is 6.08 Å². The highest BCUT2D eigenvalue weighted by atomic mass is 32.2. The van der Waals surface area contributed by atoms with E-state index in [1.807, 2.05) is 31.7 Å². The van der Waals surface area contributed by atoms with Gasteiger partial charge in [0.15, 0.2) is 0 Å². The molecule has 3 aromatic rings. The van der Waals surface area contributed by atoms with E-state index < -0.39 is 11.9 Å². The number of aromatic nitrogens is 3. The van der Waals surface area contributed by atoms with Crippen molar-refractivity contribution in [1.82, 2.24) is 20.3 Å². The lowest BCUT2D eigenvalue weighted by atomic mass is 9.87. The molecule has 232 valence electrons. The normalized spacial score (nSPS) is 28.2. The summed E-state index contributed by atoms with van der Waals surface area (Å²) in [7, 11) is 0. The minimum Gasteiger partial charge on any atom is -0.481 e. The maximum absolute atomic E-state index is 11.6. The molecule has 3 aliphatic heterocycles. The zero-order valence-corrected chi connectivity index (χ0v) is 27.6. The van der Waals surface area contributed by atoms with Crippen molar-refractivity contribution in [2.24, 2.45) is 5.92 Å². The third-order valence-corrected chi connectivity index (χ3v) is 11.9. The number of thiol groups is 1. The Morgan fingerprint density at radius 2 is 1.64 bits per heavy atom. The van der Waals surface area contributed by atoms with Crippen molar-refractivity contribution in [3.8, 4) is 0 Å². The number of fused-ring (bicyclic) bond motifs is 9. The van der Waals surface area contributed by atoms with Crippen LogP contribution in [0.3, 0.4) is 0 Å². The number of thioether (sulfide) groups is 1. The van der Waals surface area contributed by atoms with E-state index in [0.29, 0.717) is 11.7 Å². The zero-order valence-electron chi connectivity index (χ0n) is 25.9. The molecule has 6 heterocycles. The molecule has 3 unspecified atom stereocenters. The summed E-state index contributed by atoms with van der Waals surface area (Å²) in [5.41, 5.74) is 8.99. The Balaban J connectivity index is 1.70. The van der Waals surface area contributed by atoms with Gasteiger partial charge in [0.2, 0.25) is 0 Å². The Morgan fingerprint density at radius 3 is 2.27 bits per heavy atom. The fraction of sp³-hybridized carbons (Fsp3) is 0.412. The number of carboxylic acids is 2. The number of aliphatic carboxylic acids is 2. The lowest BCUT2D eigenvalue weighted by molar-refractivity contribution is -0.137. The molecule has 0 saturated carbocycles. The van der Waals surface area contributed by atoms with E-state index in [-0.39, 0.29) is 34.8 Å². The van der Waals surface area contributed by atoms with Crippen LogP contribution in [0, 0.1) is 26.7 Å². The van der Waals surface area contributed by atoms with E-state index in [0.717, 1.165) is 66.3 Å². The van der Waals surface area contributed by atoms with Gasteiger partial charge < -0.3 is 30.5 Å². The molecule has 6 N–H and O–H groups in total. The number of allylic oxidation sites excluding steroid dienone is 1. The van der Waals surface area contributed by atoms with Crippen LogP contribution in [0.15, 0.2) is 5.70 Å². The predicted molar refractivity (Wildman–Crippen MR) is 181 cm³/mol. The third kappa shape index (κ3) is 5.05. The van der Waals surface area contributed by atoms with Crippen LogP contribution in [0.25, 0.3) is 30.4 Å². The number of nitrogens with one attached hydrogen (secondary N) is 4. The quantitative estimate of drug-likeness (QED) is 0.165. The Morgan fingerprint density at radius 1 is 0.955 bits per heavy atom. The number of hydrogen-bond acceptors (Lipinski definition) is 5. The van der Waals surface area contributed by atoms with E-state index in [4.69, 9.17) is 12.6 Å². The van der Waals surface area contributed by atoms with Crippen LogP contribution in [0.4, 0.5) is 0 Å². The van der Waals surface area contributed by atoms with Crippen LogP contribution in [-0.4, -0.2) is 53.1 Å². The molecule has 8 nitrogen and oxygen atoms in total. The molecule has 0 amide bonds. The molecule has 1 spiro atoms. The fourth-order valence-electron chi connectivity index (χ4n) is 7.27. The van der Waals surface area contributed by atoms with Gasteiger partial charge in [0.05, 0.1) is 17.2 Å². The minimum absolute atomic E-state index is 0.00743. The van der Waals surface area contributed by atoms with E-state index >= 15 is 0 Å². The molecule has 0 aliphatic carbocycles. The van der Waals surface area contributed by atoms with Crippen LogP contribution < -0.4 is 26.6 Å². The predicted octanol–water partition coefficient (Wildman–Crippen LogP) is 3.13. The van der Waals surface area contributed by atoms with Gasteiger partial charge in [-0.25, -0.2) is 0 Å². The van der Waals surface area contributed by atoms with Crippen LogP contribution in [-0.2, 0) is 16.0 Å². The van der Waals surface area contributed by atoms with Gasteiger partial charge in [-0.15, -0.1) is 11.8 Å². The minimum atomic E-state index is -0.906. The Hall–Kier alpha value is -3.50. The zero-order chi connectivity index (χ0) is 31.7. The summed E-state index contributed by atoms with van der Waals surface area (Å²) < 4.78 is 0.0506. The number of aromatic amines is 3. The van der Waals surface area contributed by atoms with Gasteiger partial charge in [-0.3, -0.25) is 9.59 Å². The molecule has 8 bridgehead atoms. The highest BCUT2D eigenvalue weighted by molar-refractivity contribution is 8.08. The molecular formula is C34H40N4O4S2. The van der Waals surface area contributed by atoms with Crippen molar-refractivity contribution in [1.29, 1.82) is 0 Å². The summed E-state index contributed by atoms with van der Waals surface area (Å²) in [5.74, 6) is -1.47. The lowest BCUT2D eigenvalue weighted by Gasteiger charge is -2.16. The first-order valence-corrected chi connectivity index (χ1v) is 16.5. The largest absolute Gasteiger partial charge is 0.481 e. The van der Waals surface area contributed by atoms with Crippen molar-refractivity contribution in [3.05, 3.63) is 71.9 Å². The van der Waals surface area contributed by atoms with E-state index in [2.05, 4.69) is 66.2 Å². The summed E-state index contributed by atoms with van der Waals surface area (Å²) in [5, 5.41) is 27.0. The highest BCUT2D eigenvalue weighted by Crippen LogP contribution is 2.64. The van der Waals surface area contributed by atoms with Gasteiger partial charge in [-0.05, 0) is 91.5 Å². The molecule has 0 radical (unpaired) electrons. The molecule has 2 saturated heterocycles. The number of H-pyrrole nitrogens is 3. The average Bonchev–Trinajstić information content (AvgIpc) is 3.08. The fourth-order valence-corrected chi connectivity index (χ4v) is 9.10. The number of rotatable bonds is 6. The molecule has 2 fully saturated rings. The summed E-state index contributed by atoms with van der Waals surface area (Å²) in [6.45, 7) is 12.9. The van der Waals surface area contributed by atoms with Crippen molar-refractivity contribution < 1.29 is 19.8 Å². The molecular weight excluding hydrogens is 593 g/mol. The topological polar surface area (TPSA) is 134 Å². The van der Waals surface area contributed by atoms with Crippen molar-refractivity contribution >= 4 is 66.7 Å². The molecule has 6 rings (SSSR count). The Labute approximate surface area is 265 Å². The van der Waals surface area contributed by atoms with Crippen LogP contribution in [0.1, 0.15) is 83.8 Å². The van der Waals surface area contributed by atoms with Crippen LogP contribution >= 0.6 is 24.4 Å². The first-order valence-electron chi connectivity index (χ1n) is 15.1. The second-order valence-electron chi connectivity index (χ2n) is 12.4. The van der Waals surface area contributed by atoms with Crippen molar-refractivity contribution in [2.75, 3.05) is 0 Å². The van der Waals surface area contributed by atoms with Gasteiger partial charge in [0.25, 0.3) is 0 Å². The van der Waals surface area contributed by atoms with E-state index in [9.17, 15) is 19.8 Å². The third-order valence-electron chi connectivity index (χ3n) is 9.79. The molecule has 5 atom stereocenters. The monoisotopic (exact) mass is 632 g/mol. The molecule has 44 heavy (non-hydrogen) atoms. The summed E-state index contributed by atoms with van der Waals surface area (Å²) in [6.07, 6.45) is 10.6. The molecule has 3 aromatic heterocycles. The van der Waals surface area contributed by atoms with Gasteiger partial charge in [-0.1, -0.05) is 19.9 Å². The van der Waals surface area contributed by atoms with Gasteiger partial charge in [0.1, 0.15) is 0 Å². The summed E-state index contributed by atoms with van der Waals surface area (Å²) in [4.78, 5) is 34.1. The van der Waals surface area contributed by atoms with Crippen molar-refractivity contribution in [2.45, 2.75) is 82.1 Å². The highest BCUT2D eigenvalue weighted by Gasteiger charge is 2.65. The lowest BCUT2D eigenvalue weighted by Crippen LogP contribution is -2.35. The Kier molecular flexibility index (Phi) is 7.73. The van der Waals surface area contributed by atoms with Crippen molar-refractivity contribution in [3.63, 3.8) is 0 Å². The second kappa shape index (κ2) is 11.1. The average molecular weight is 633 g/mol. The number of hydrogen-bond donors (Lipinski definition) is 7. The summed E-state index contributed by atoms with van der Waals surface area (Å²) in [6, 6.07) is 0.119. The Bertz CT molecular complexity index is 1980. The maximum atomic E-state index is 11.6. The first-order chi connectivity index (χ1) is 20.8. The smallest absolute Gasteiger partial charge is 0.307 e. The van der Waals surface area contributed by atoms with Gasteiger partial charge in [0, 0.05) is 61.7 Å². The first kappa shape index (κ1) is 30.5. The van der Waals surface area contributed by atoms with Crippen LogP contribution in [0.5, 0.6) is 0 Å². The molecule has 0 aromatic carbocycles. The van der Waals surface area contributed by atoms with Crippen LogP contribution in [0.2, 0.25) is 0 Å². The van der Waals surface area contributed by atoms with Gasteiger partial charge >= 0.3 is 11.9 Å². The number of carboxylic acid groups (broad SMARTS) is 2. The summed E-state index contributed by atoms with van der Waals surface area (Å²) >= 11 is 6.88. The standard InChI is InChI=1S/C34H40N4O4S2/c1-15-21(7-9-31(39)40)27-13-28-22(8-10-32(41)42)16(2)24(36-28)12-29-33(19(5)43)17(3)25(37-29)14-30-34(20(6)44-34)18(4)26(38-30)11-23(15)35-27/h8,11-14,18-20,30,35-38,43H,7,9-10H2,1-6H3,(H,39,40)(H,41,42)/b22-8?,25-14-,26-11-,28-13-,29-12-/t18?,19-,20?,30?,34+/m0/s1. The number of carbonyl (C=O) groups is 2. The van der Waals surface area contributed by atoms with E-state index in [1.165, 1.54) is 5.56 Å². The maximum Gasteiger partial charge on any atom is 0.307 e. The molecule has 3 aliphatic rings. The molecule has 10 heteroatoms. The SMILES string of the molecule is Cc1c2[nH]c(c1CCC(=O)O)/C=c1\[nH]c(c(C)c1=CCC(=O)O)/C=c1\[nH]/c(c(C)c1[C@H](C)S)=C\C1N/C(=C\2)C(C)[C@]12SC2C. The van der Waals surface area contributed by atoms with Gasteiger partial charge in [-0.2, -0.15) is 12.6 Å².